The molecule has 0 spiro atoms. The number of nitrogens with zero attached hydrogens (tertiary/aromatic N) is 1. The minimum atomic E-state index is -1.61. The van der Waals surface area contributed by atoms with Gasteiger partial charge in [-0.25, -0.2) is 0 Å². The Labute approximate surface area is 124 Å². The topological polar surface area (TPSA) is 143 Å². The first-order valence-electron chi connectivity index (χ1n) is 6.16. The van der Waals surface area contributed by atoms with E-state index in [1.165, 1.54) is 17.9 Å². The zero-order valence-corrected chi connectivity index (χ0v) is 12.0. The molecule has 1 aliphatic heterocycles. The van der Waals surface area contributed by atoms with E-state index in [4.69, 9.17) is 27.4 Å². The lowest BCUT2D eigenvalue weighted by Gasteiger charge is -2.33. The van der Waals surface area contributed by atoms with Crippen molar-refractivity contribution in [1.29, 1.82) is 0 Å². The van der Waals surface area contributed by atoms with Gasteiger partial charge < -0.3 is 30.5 Å². The van der Waals surface area contributed by atoms with Crippen molar-refractivity contribution >= 4 is 12.2 Å². The summed E-state index contributed by atoms with van der Waals surface area (Å²) in [5, 5.41) is 29.4. The number of nitrogens with two attached hydrogens (primary N) is 1. The van der Waals surface area contributed by atoms with Crippen molar-refractivity contribution in [2.24, 2.45) is 5.73 Å². The number of aliphatic hydroxyl groups excluding tert-OH is 3. The second kappa shape index (κ2) is 5.83. The Balaban J connectivity index is 2.62. The Bertz CT molecular complexity index is 631. The predicted molar refractivity (Wildman–Crippen MR) is 73.4 cm³/mol. The molecule has 0 amide bonds. The summed E-state index contributed by atoms with van der Waals surface area (Å²) in [6.07, 6.45) is -2.58. The number of aromatic nitrogens is 2. The number of rotatable bonds is 4. The average Bonchev–Trinajstić information content (AvgIpc) is 2.72. The summed E-state index contributed by atoms with van der Waals surface area (Å²) in [5.74, 6) is -0.0610. The van der Waals surface area contributed by atoms with Crippen LogP contribution in [0.25, 0.3) is 0 Å². The first-order valence-corrected chi connectivity index (χ1v) is 6.57. The minimum Gasteiger partial charge on any atom is -0.490 e. The predicted octanol–water partition coefficient (Wildman–Crippen LogP) is -2.36. The summed E-state index contributed by atoms with van der Waals surface area (Å²) in [6, 6.07) is 0. The van der Waals surface area contributed by atoms with E-state index < -0.39 is 36.2 Å². The molecule has 0 saturated carbocycles. The maximum absolute atomic E-state index is 11.6. The Morgan fingerprint density at radius 1 is 1.62 bits per heavy atom. The van der Waals surface area contributed by atoms with Crippen LogP contribution in [0, 0.1) is 4.77 Å². The van der Waals surface area contributed by atoms with E-state index in [9.17, 15) is 20.1 Å². The van der Waals surface area contributed by atoms with Crippen LogP contribution in [0.2, 0.25) is 0 Å². The molecule has 21 heavy (non-hydrogen) atoms. The maximum Gasteiger partial charge on any atom is 0.294 e. The van der Waals surface area contributed by atoms with Gasteiger partial charge in [-0.2, -0.15) is 0 Å². The third-order valence-corrected chi connectivity index (χ3v) is 3.83. The van der Waals surface area contributed by atoms with Crippen molar-refractivity contribution in [3.63, 3.8) is 0 Å². The Kier molecular flexibility index (Phi) is 4.46. The van der Waals surface area contributed by atoms with Gasteiger partial charge in [0.25, 0.3) is 5.56 Å². The molecule has 4 atom stereocenters. The molecule has 10 heteroatoms. The summed E-state index contributed by atoms with van der Waals surface area (Å²) < 4.78 is 11.6. The van der Waals surface area contributed by atoms with Crippen molar-refractivity contribution < 1.29 is 24.8 Å². The number of H-pyrrole nitrogens is 1. The van der Waals surface area contributed by atoms with Crippen LogP contribution in [-0.4, -0.2) is 63.4 Å². The highest BCUT2D eigenvalue weighted by atomic mass is 32.1. The highest BCUT2D eigenvalue weighted by molar-refractivity contribution is 7.71. The molecule has 1 saturated heterocycles. The quantitative estimate of drug-likeness (QED) is 0.388. The number of ether oxygens (including phenoxy) is 2. The molecule has 0 unspecified atom stereocenters. The van der Waals surface area contributed by atoms with Crippen LogP contribution >= 0.6 is 12.2 Å². The molecular weight excluding hydrogens is 302 g/mol. The molecule has 1 fully saturated rings. The lowest BCUT2D eigenvalue weighted by atomic mass is 10.0. The van der Waals surface area contributed by atoms with Crippen LogP contribution in [0.4, 0.5) is 0 Å². The monoisotopic (exact) mass is 319 g/mol. The number of hydrogen-bond acceptors (Lipinski definition) is 8. The van der Waals surface area contributed by atoms with Gasteiger partial charge >= 0.3 is 0 Å². The van der Waals surface area contributed by atoms with Crippen LogP contribution in [0.15, 0.2) is 11.0 Å². The van der Waals surface area contributed by atoms with E-state index in [0.29, 0.717) is 0 Å². The molecule has 0 radical (unpaired) electrons. The van der Waals surface area contributed by atoms with E-state index in [1.54, 1.807) is 0 Å². The number of aromatic amines is 1. The van der Waals surface area contributed by atoms with Crippen LogP contribution < -0.4 is 16.0 Å². The van der Waals surface area contributed by atoms with Crippen molar-refractivity contribution in [3.8, 4) is 5.75 Å². The molecule has 0 aliphatic carbocycles. The van der Waals surface area contributed by atoms with Crippen molar-refractivity contribution in [2.45, 2.75) is 24.0 Å². The molecule has 1 aromatic rings. The molecule has 1 aromatic heterocycles. The van der Waals surface area contributed by atoms with Gasteiger partial charge in [0.2, 0.25) is 5.75 Å². The fourth-order valence-electron chi connectivity index (χ4n) is 2.36. The second-order valence-electron chi connectivity index (χ2n) is 4.65. The third kappa shape index (κ3) is 2.39. The van der Waals surface area contributed by atoms with Gasteiger partial charge in [-0.1, -0.05) is 0 Å². The van der Waals surface area contributed by atoms with Crippen LogP contribution in [0.1, 0.15) is 0 Å². The van der Waals surface area contributed by atoms with E-state index >= 15 is 0 Å². The Hall–Kier alpha value is -1.30. The van der Waals surface area contributed by atoms with Crippen molar-refractivity contribution in [3.05, 3.63) is 21.3 Å². The largest absolute Gasteiger partial charge is 0.490 e. The molecule has 6 N–H and O–H groups in total. The summed E-state index contributed by atoms with van der Waals surface area (Å²) in [5.41, 5.74) is 3.54. The summed E-state index contributed by atoms with van der Waals surface area (Å²) in [7, 11) is 1.30. The van der Waals surface area contributed by atoms with Crippen LogP contribution in [-0.2, 0) is 10.5 Å². The molecule has 2 heterocycles. The van der Waals surface area contributed by atoms with Gasteiger partial charge in [0.05, 0.1) is 19.9 Å². The van der Waals surface area contributed by atoms with Gasteiger partial charge in [-0.3, -0.25) is 14.3 Å². The van der Waals surface area contributed by atoms with Crippen LogP contribution in [0.5, 0.6) is 5.75 Å². The fraction of sp³-hybridized carbons (Fsp3) is 0.636. The minimum absolute atomic E-state index is 0.0592. The first kappa shape index (κ1) is 16.1. The standard InChI is InChI=1S/C11H17N3O6S/c1-19-5-2-14(10(21)13-9(5)18)11(4-12)8(17)7(16)6(3-15)20-11/h2,6-8,15-17H,3-4,12H2,1H3,(H,13,18,21)/t6-,7-,8-,11-/m1/s1. The zero-order valence-electron chi connectivity index (χ0n) is 11.2. The average molecular weight is 319 g/mol. The van der Waals surface area contributed by atoms with Gasteiger partial charge in [0.1, 0.15) is 18.3 Å². The number of methoxy groups -OCH3 is 1. The van der Waals surface area contributed by atoms with E-state index in [1.807, 2.05) is 0 Å². The highest BCUT2D eigenvalue weighted by Gasteiger charge is 2.54. The van der Waals surface area contributed by atoms with Gasteiger partial charge in [-0.15, -0.1) is 0 Å². The van der Waals surface area contributed by atoms with E-state index in [2.05, 4.69) is 4.98 Å². The van der Waals surface area contributed by atoms with Crippen molar-refractivity contribution in [2.75, 3.05) is 20.3 Å². The Morgan fingerprint density at radius 3 is 2.76 bits per heavy atom. The molecule has 0 aromatic carbocycles. The molecule has 0 bridgehead atoms. The lowest BCUT2D eigenvalue weighted by Crippen LogP contribution is -2.51. The van der Waals surface area contributed by atoms with Crippen molar-refractivity contribution in [1.82, 2.24) is 9.55 Å². The van der Waals surface area contributed by atoms with Gasteiger partial charge in [-0.05, 0) is 12.2 Å². The maximum atomic E-state index is 11.6. The summed E-state index contributed by atoms with van der Waals surface area (Å²) in [4.78, 5) is 14.0. The van der Waals surface area contributed by atoms with E-state index in [-0.39, 0.29) is 17.1 Å². The molecule has 1 aliphatic rings. The summed E-state index contributed by atoms with van der Waals surface area (Å²) >= 11 is 5.05. The number of hydrogen-bond donors (Lipinski definition) is 5. The Morgan fingerprint density at radius 2 is 2.29 bits per heavy atom. The normalized spacial score (nSPS) is 32.3. The molecule has 118 valence electrons. The van der Waals surface area contributed by atoms with Gasteiger partial charge in [0, 0.05) is 6.54 Å². The van der Waals surface area contributed by atoms with Crippen LogP contribution in [0.3, 0.4) is 0 Å². The number of aliphatic hydroxyl groups is 3. The lowest BCUT2D eigenvalue weighted by molar-refractivity contribution is -0.142. The highest BCUT2D eigenvalue weighted by Crippen LogP contribution is 2.35. The smallest absolute Gasteiger partial charge is 0.294 e. The van der Waals surface area contributed by atoms with Gasteiger partial charge in [0.15, 0.2) is 10.5 Å². The molecular formula is C11H17N3O6S. The fourth-order valence-corrected chi connectivity index (χ4v) is 2.66. The number of nitrogens with one attached hydrogen (secondary N) is 1. The summed E-state index contributed by atoms with van der Waals surface area (Å²) in [6.45, 7) is -0.751. The molecule has 2 rings (SSSR count). The molecule has 9 nitrogen and oxygen atoms in total. The third-order valence-electron chi connectivity index (χ3n) is 3.53. The zero-order chi connectivity index (χ0) is 15.8. The second-order valence-corrected chi connectivity index (χ2v) is 5.04. The van der Waals surface area contributed by atoms with E-state index in [0.717, 1.165) is 0 Å². The first-order chi connectivity index (χ1) is 9.91. The SMILES string of the molecule is COc1cn([C@]2(CN)O[C@H](CO)[C@@H](O)[C@H]2O)c(=S)[nH]c1=O.